The van der Waals surface area contributed by atoms with Crippen molar-refractivity contribution in [3.05, 3.63) is 33.3 Å². The van der Waals surface area contributed by atoms with Crippen molar-refractivity contribution >= 4 is 23.1 Å². The molecule has 1 fully saturated rings. The van der Waals surface area contributed by atoms with Gasteiger partial charge in [-0.2, -0.15) is 0 Å². The van der Waals surface area contributed by atoms with Crippen LogP contribution in [-0.2, 0) is 9.53 Å². The first-order valence-corrected chi connectivity index (χ1v) is 6.65. The van der Waals surface area contributed by atoms with Gasteiger partial charge in [0, 0.05) is 30.2 Å². The Balaban J connectivity index is 2.11. The largest absolute Gasteiger partial charge is 0.480 e. The second-order valence-corrected chi connectivity index (χ2v) is 4.92. The highest BCUT2D eigenvalue weighted by atomic mass is 35.5. The van der Waals surface area contributed by atoms with E-state index in [0.717, 1.165) is 6.42 Å². The zero-order valence-corrected chi connectivity index (χ0v) is 11.6. The molecule has 0 aromatic heterocycles. The van der Waals surface area contributed by atoms with E-state index in [1.165, 1.54) is 18.2 Å². The minimum absolute atomic E-state index is 0.0480. The molecule has 0 heterocycles. The van der Waals surface area contributed by atoms with Crippen molar-refractivity contribution < 1.29 is 19.2 Å². The number of Topliss-reactive ketones (excluding diaryl/α,β-unsaturated/α-hetero) is 1. The molecule has 6 nitrogen and oxygen atoms in total. The summed E-state index contributed by atoms with van der Waals surface area (Å²) in [5.74, 6) is 0.0122. The third-order valence-electron chi connectivity index (χ3n) is 2.96. The fraction of sp³-hybridized carbons (Fsp3) is 0.462. The molecule has 0 aliphatic heterocycles. The fourth-order valence-electron chi connectivity index (χ4n) is 1.91. The smallest absolute Gasteiger partial charge is 0.311 e. The number of hydrogen-bond acceptors (Lipinski definition) is 5. The molecular weight excluding hydrogens is 286 g/mol. The van der Waals surface area contributed by atoms with Gasteiger partial charge in [0.1, 0.15) is 6.10 Å². The number of ether oxygens (including phenoxy) is 2. The molecule has 2 unspecified atom stereocenters. The number of benzene rings is 1. The molecule has 20 heavy (non-hydrogen) atoms. The lowest BCUT2D eigenvalue weighted by molar-refractivity contribution is -0.386. The van der Waals surface area contributed by atoms with Gasteiger partial charge in [0.2, 0.25) is 0 Å². The lowest BCUT2D eigenvalue weighted by Crippen LogP contribution is -2.52. The standard InChI is InChI=1S/C13H14ClNO5/c1-2-5-19-13-10(16)7-12(13)20-11-6-8(14)3-4-9(11)15(17)18/h3-4,6,12-13H,2,5,7H2,1H3. The van der Waals surface area contributed by atoms with Crippen LogP contribution in [0.4, 0.5) is 5.69 Å². The summed E-state index contributed by atoms with van der Waals surface area (Å²) in [7, 11) is 0. The number of nitro benzene ring substituents is 1. The van der Waals surface area contributed by atoms with Gasteiger partial charge in [0.15, 0.2) is 17.6 Å². The zero-order valence-electron chi connectivity index (χ0n) is 10.9. The number of halogens is 1. The number of hydrogen-bond donors (Lipinski definition) is 0. The van der Waals surface area contributed by atoms with Crippen LogP contribution in [0.25, 0.3) is 0 Å². The maximum atomic E-state index is 11.5. The molecule has 0 radical (unpaired) electrons. The Morgan fingerprint density at radius 3 is 2.85 bits per heavy atom. The van der Waals surface area contributed by atoms with Crippen molar-refractivity contribution in [3.8, 4) is 5.75 Å². The SMILES string of the molecule is CCCOC1C(=O)CC1Oc1cc(Cl)ccc1[N+](=O)[O-]. The summed E-state index contributed by atoms with van der Waals surface area (Å²) in [6, 6.07) is 4.07. The third kappa shape index (κ3) is 3.08. The lowest BCUT2D eigenvalue weighted by Gasteiger charge is -2.34. The van der Waals surface area contributed by atoms with E-state index < -0.39 is 17.1 Å². The second kappa shape index (κ2) is 6.19. The Bertz CT molecular complexity index is 533. The molecule has 0 amide bonds. The van der Waals surface area contributed by atoms with E-state index in [1.54, 1.807) is 0 Å². The molecule has 0 spiro atoms. The van der Waals surface area contributed by atoms with Crippen LogP contribution in [0.1, 0.15) is 19.8 Å². The summed E-state index contributed by atoms with van der Waals surface area (Å²) in [5.41, 5.74) is -0.178. The minimum atomic E-state index is -0.645. The van der Waals surface area contributed by atoms with E-state index in [2.05, 4.69) is 0 Å². The van der Waals surface area contributed by atoms with Gasteiger partial charge in [-0.25, -0.2) is 0 Å². The third-order valence-corrected chi connectivity index (χ3v) is 3.19. The van der Waals surface area contributed by atoms with E-state index in [4.69, 9.17) is 21.1 Å². The maximum absolute atomic E-state index is 11.5. The maximum Gasteiger partial charge on any atom is 0.311 e. The molecule has 2 atom stereocenters. The van der Waals surface area contributed by atoms with Crippen LogP contribution < -0.4 is 4.74 Å². The highest BCUT2D eigenvalue weighted by molar-refractivity contribution is 6.30. The van der Waals surface area contributed by atoms with E-state index in [0.29, 0.717) is 11.6 Å². The van der Waals surface area contributed by atoms with Crippen LogP contribution in [-0.4, -0.2) is 29.5 Å². The van der Waals surface area contributed by atoms with Crippen LogP contribution in [0.5, 0.6) is 5.75 Å². The Kier molecular flexibility index (Phi) is 4.57. The molecule has 1 saturated carbocycles. The van der Waals surface area contributed by atoms with E-state index in [-0.39, 0.29) is 23.6 Å². The van der Waals surface area contributed by atoms with Crippen LogP contribution in [0, 0.1) is 10.1 Å². The number of ketones is 1. The number of carbonyl (C=O) groups excluding carboxylic acids is 1. The summed E-state index contributed by atoms with van der Waals surface area (Å²) in [4.78, 5) is 21.8. The van der Waals surface area contributed by atoms with E-state index in [1.807, 2.05) is 6.92 Å². The molecule has 1 aliphatic rings. The highest BCUT2D eigenvalue weighted by Crippen LogP contribution is 2.34. The molecule has 1 aromatic carbocycles. The predicted molar refractivity (Wildman–Crippen MR) is 72.2 cm³/mol. The quantitative estimate of drug-likeness (QED) is 0.596. The van der Waals surface area contributed by atoms with Crippen molar-refractivity contribution in [2.24, 2.45) is 0 Å². The van der Waals surface area contributed by atoms with Crippen LogP contribution >= 0.6 is 11.6 Å². The average molecular weight is 300 g/mol. The van der Waals surface area contributed by atoms with E-state index >= 15 is 0 Å². The molecule has 1 aliphatic carbocycles. The topological polar surface area (TPSA) is 78.7 Å². The lowest BCUT2D eigenvalue weighted by atomic mass is 9.90. The van der Waals surface area contributed by atoms with Crippen molar-refractivity contribution in [1.82, 2.24) is 0 Å². The number of nitrogens with zero attached hydrogens (tertiary/aromatic N) is 1. The highest BCUT2D eigenvalue weighted by Gasteiger charge is 2.43. The van der Waals surface area contributed by atoms with Crippen molar-refractivity contribution in [2.45, 2.75) is 32.0 Å². The van der Waals surface area contributed by atoms with Crippen LogP contribution in [0.3, 0.4) is 0 Å². The molecule has 2 rings (SSSR count). The summed E-state index contributed by atoms with van der Waals surface area (Å²) >= 11 is 5.81. The molecule has 0 bridgehead atoms. The Labute approximate surface area is 120 Å². The molecule has 0 N–H and O–H groups in total. The summed E-state index contributed by atoms with van der Waals surface area (Å²) < 4.78 is 10.9. The molecule has 0 saturated heterocycles. The molecule has 1 aromatic rings. The first-order chi connectivity index (χ1) is 9.52. The molecule has 7 heteroatoms. The monoisotopic (exact) mass is 299 g/mol. The minimum Gasteiger partial charge on any atom is -0.480 e. The molecule has 108 valence electrons. The summed E-state index contributed by atoms with van der Waals surface area (Å²) in [5, 5.41) is 11.3. The first kappa shape index (κ1) is 14.7. The first-order valence-electron chi connectivity index (χ1n) is 6.28. The zero-order chi connectivity index (χ0) is 14.7. The molecular formula is C13H14ClNO5. The Morgan fingerprint density at radius 2 is 2.25 bits per heavy atom. The van der Waals surface area contributed by atoms with Crippen LogP contribution in [0.15, 0.2) is 18.2 Å². The normalized spacial score (nSPS) is 21.4. The average Bonchev–Trinajstić information content (AvgIpc) is 2.38. The van der Waals surface area contributed by atoms with Crippen LogP contribution in [0.2, 0.25) is 5.02 Å². The number of rotatable bonds is 6. The summed E-state index contributed by atoms with van der Waals surface area (Å²) in [6.45, 7) is 2.38. The van der Waals surface area contributed by atoms with E-state index in [9.17, 15) is 14.9 Å². The van der Waals surface area contributed by atoms with Gasteiger partial charge in [-0.1, -0.05) is 18.5 Å². The Hall–Kier alpha value is -1.66. The van der Waals surface area contributed by atoms with Gasteiger partial charge >= 0.3 is 5.69 Å². The predicted octanol–water partition coefficient (Wildman–Crippen LogP) is 2.76. The second-order valence-electron chi connectivity index (χ2n) is 4.49. The van der Waals surface area contributed by atoms with Crippen molar-refractivity contribution in [2.75, 3.05) is 6.61 Å². The fourth-order valence-corrected chi connectivity index (χ4v) is 2.08. The van der Waals surface area contributed by atoms with Gasteiger partial charge in [-0.05, 0) is 12.5 Å². The van der Waals surface area contributed by atoms with Gasteiger partial charge < -0.3 is 9.47 Å². The van der Waals surface area contributed by atoms with Gasteiger partial charge in [-0.3, -0.25) is 14.9 Å². The number of carbonyl (C=O) groups is 1. The van der Waals surface area contributed by atoms with Crippen molar-refractivity contribution in [3.63, 3.8) is 0 Å². The van der Waals surface area contributed by atoms with Gasteiger partial charge in [0.25, 0.3) is 0 Å². The summed E-state index contributed by atoms with van der Waals surface area (Å²) in [6.07, 6.45) is -0.161. The Morgan fingerprint density at radius 1 is 1.50 bits per heavy atom. The van der Waals surface area contributed by atoms with Gasteiger partial charge in [0.05, 0.1) is 4.92 Å². The number of nitro groups is 1. The van der Waals surface area contributed by atoms with Crippen molar-refractivity contribution in [1.29, 1.82) is 0 Å². The van der Waals surface area contributed by atoms with Gasteiger partial charge in [-0.15, -0.1) is 0 Å².